The van der Waals surface area contributed by atoms with Crippen LogP contribution in [0.2, 0.25) is 0 Å². The Labute approximate surface area is 154 Å². The average Bonchev–Trinajstić information content (AvgIpc) is 3.31. The van der Waals surface area contributed by atoms with Crippen molar-refractivity contribution in [3.8, 4) is 0 Å². The van der Waals surface area contributed by atoms with Gasteiger partial charge in [-0.15, -0.1) is 0 Å². The van der Waals surface area contributed by atoms with Gasteiger partial charge in [0, 0.05) is 30.9 Å². The fourth-order valence-electron chi connectivity index (χ4n) is 3.50. The number of alkyl halides is 3. The summed E-state index contributed by atoms with van der Waals surface area (Å²) in [7, 11) is 0. The van der Waals surface area contributed by atoms with Crippen molar-refractivity contribution < 1.29 is 27.6 Å². The van der Waals surface area contributed by atoms with Crippen molar-refractivity contribution in [1.29, 1.82) is 0 Å². The second kappa shape index (κ2) is 7.58. The Bertz CT molecular complexity index is 745. The molecular weight excluding hydrogens is 363 g/mol. The molecule has 1 aromatic carbocycles. The summed E-state index contributed by atoms with van der Waals surface area (Å²) < 4.78 is 38.1. The normalized spacial score (nSPS) is 20.0. The summed E-state index contributed by atoms with van der Waals surface area (Å²) in [5, 5.41) is 2.54. The number of hydrogen-bond donors (Lipinski definition) is 1. The van der Waals surface area contributed by atoms with Crippen molar-refractivity contribution in [2.24, 2.45) is 0 Å². The SMILES string of the molecule is O=C(Nc1cccc(C(=O)N2CCCC2)c1)C1CCCN1C(=O)C(F)(F)F. The lowest BCUT2D eigenvalue weighted by Gasteiger charge is -2.24. The molecule has 1 unspecified atom stereocenters. The Hall–Kier alpha value is -2.58. The molecule has 1 aromatic rings. The van der Waals surface area contributed by atoms with Crippen LogP contribution < -0.4 is 5.32 Å². The lowest BCUT2D eigenvalue weighted by Crippen LogP contribution is -2.48. The highest BCUT2D eigenvalue weighted by molar-refractivity contribution is 6.00. The first-order valence-corrected chi connectivity index (χ1v) is 8.85. The summed E-state index contributed by atoms with van der Waals surface area (Å²) in [6, 6.07) is 5.13. The first-order chi connectivity index (χ1) is 12.8. The monoisotopic (exact) mass is 383 g/mol. The number of halogens is 3. The standard InChI is InChI=1S/C18H20F3N3O3/c19-18(20,21)17(27)24-10-4-7-14(24)15(25)22-13-6-3-5-12(11-13)16(26)23-8-1-2-9-23/h3,5-6,11,14H,1-2,4,7-10H2,(H,22,25). The predicted octanol–water partition coefficient (Wildman–Crippen LogP) is 2.41. The maximum Gasteiger partial charge on any atom is 0.471 e. The van der Waals surface area contributed by atoms with Gasteiger partial charge in [0.1, 0.15) is 6.04 Å². The van der Waals surface area contributed by atoms with Crippen molar-refractivity contribution in [1.82, 2.24) is 9.80 Å². The maximum absolute atomic E-state index is 12.7. The molecule has 0 spiro atoms. The number of carbonyl (C=O) groups is 3. The van der Waals surface area contributed by atoms with E-state index in [9.17, 15) is 27.6 Å². The number of nitrogens with zero attached hydrogens (tertiary/aromatic N) is 2. The average molecular weight is 383 g/mol. The maximum atomic E-state index is 12.7. The van der Waals surface area contributed by atoms with Gasteiger partial charge in [-0.1, -0.05) is 6.07 Å². The van der Waals surface area contributed by atoms with Crippen molar-refractivity contribution >= 4 is 23.4 Å². The molecular formula is C18H20F3N3O3. The van der Waals surface area contributed by atoms with Gasteiger partial charge in [0.05, 0.1) is 0 Å². The van der Waals surface area contributed by atoms with Crippen LogP contribution >= 0.6 is 0 Å². The zero-order valence-electron chi connectivity index (χ0n) is 14.6. The van der Waals surface area contributed by atoms with E-state index in [4.69, 9.17) is 0 Å². The Balaban J connectivity index is 1.69. The Morgan fingerprint density at radius 1 is 1.04 bits per heavy atom. The second-order valence-electron chi connectivity index (χ2n) is 6.72. The largest absolute Gasteiger partial charge is 0.471 e. The van der Waals surface area contributed by atoms with Gasteiger partial charge in [0.25, 0.3) is 5.91 Å². The fraction of sp³-hybridized carbons (Fsp3) is 0.500. The summed E-state index contributed by atoms with van der Waals surface area (Å²) in [4.78, 5) is 38.6. The molecule has 0 bridgehead atoms. The number of carbonyl (C=O) groups excluding carboxylic acids is 3. The van der Waals surface area contributed by atoms with E-state index in [0.29, 0.717) is 35.7 Å². The molecule has 6 nitrogen and oxygen atoms in total. The zero-order chi connectivity index (χ0) is 19.6. The summed E-state index contributed by atoms with van der Waals surface area (Å²) in [6.07, 6.45) is -2.61. The highest BCUT2D eigenvalue weighted by Crippen LogP contribution is 2.26. The van der Waals surface area contributed by atoms with Crippen LogP contribution in [0.1, 0.15) is 36.0 Å². The third-order valence-corrected chi connectivity index (χ3v) is 4.83. The van der Waals surface area contributed by atoms with E-state index < -0.39 is 24.0 Å². The van der Waals surface area contributed by atoms with Crippen LogP contribution in [-0.4, -0.2) is 59.4 Å². The summed E-state index contributed by atoms with van der Waals surface area (Å²) in [5.41, 5.74) is 0.723. The molecule has 3 rings (SSSR count). The Morgan fingerprint density at radius 2 is 1.74 bits per heavy atom. The van der Waals surface area contributed by atoms with E-state index in [2.05, 4.69) is 5.32 Å². The number of rotatable bonds is 3. The van der Waals surface area contributed by atoms with Gasteiger partial charge < -0.3 is 15.1 Å². The molecule has 9 heteroatoms. The molecule has 146 valence electrons. The highest BCUT2D eigenvalue weighted by Gasteiger charge is 2.47. The van der Waals surface area contributed by atoms with Crippen LogP contribution in [0.3, 0.4) is 0 Å². The first kappa shape index (κ1) is 19.2. The molecule has 0 radical (unpaired) electrons. The molecule has 1 N–H and O–H groups in total. The van der Waals surface area contributed by atoms with E-state index >= 15 is 0 Å². The number of anilines is 1. The van der Waals surface area contributed by atoms with Gasteiger partial charge in [-0.05, 0) is 43.9 Å². The van der Waals surface area contributed by atoms with Gasteiger partial charge in [0.2, 0.25) is 5.91 Å². The van der Waals surface area contributed by atoms with E-state index in [1.54, 1.807) is 23.1 Å². The second-order valence-corrected chi connectivity index (χ2v) is 6.72. The number of hydrogen-bond acceptors (Lipinski definition) is 3. The highest BCUT2D eigenvalue weighted by atomic mass is 19.4. The minimum Gasteiger partial charge on any atom is -0.339 e. The minimum absolute atomic E-state index is 0.107. The van der Waals surface area contributed by atoms with Gasteiger partial charge in [-0.2, -0.15) is 13.2 Å². The van der Waals surface area contributed by atoms with E-state index in [-0.39, 0.29) is 18.9 Å². The molecule has 3 amide bonds. The zero-order valence-corrected chi connectivity index (χ0v) is 14.6. The van der Waals surface area contributed by atoms with E-state index in [0.717, 1.165) is 12.8 Å². The summed E-state index contributed by atoms with van der Waals surface area (Å²) in [5.74, 6) is -2.83. The molecule has 0 saturated carbocycles. The summed E-state index contributed by atoms with van der Waals surface area (Å²) >= 11 is 0. The van der Waals surface area contributed by atoms with Gasteiger partial charge in [0.15, 0.2) is 0 Å². The van der Waals surface area contributed by atoms with E-state index in [1.165, 1.54) is 6.07 Å². The Kier molecular flexibility index (Phi) is 5.38. The molecule has 0 aromatic heterocycles. The number of benzene rings is 1. The van der Waals surface area contributed by atoms with Crippen LogP contribution in [0.15, 0.2) is 24.3 Å². The molecule has 1 atom stereocenters. The van der Waals surface area contributed by atoms with Crippen LogP contribution in [0.4, 0.5) is 18.9 Å². The lowest BCUT2D eigenvalue weighted by atomic mass is 10.1. The van der Waals surface area contributed by atoms with E-state index in [1.807, 2.05) is 0 Å². The smallest absolute Gasteiger partial charge is 0.339 e. The van der Waals surface area contributed by atoms with Crippen LogP contribution in [0, 0.1) is 0 Å². The lowest BCUT2D eigenvalue weighted by molar-refractivity contribution is -0.186. The molecule has 2 saturated heterocycles. The topological polar surface area (TPSA) is 69.7 Å². The van der Waals surface area contributed by atoms with Crippen molar-refractivity contribution in [3.05, 3.63) is 29.8 Å². The van der Waals surface area contributed by atoms with Crippen LogP contribution in [0.5, 0.6) is 0 Å². The van der Waals surface area contributed by atoms with Crippen molar-refractivity contribution in [2.75, 3.05) is 25.0 Å². The minimum atomic E-state index is -5.01. The molecule has 2 aliphatic heterocycles. The predicted molar refractivity (Wildman–Crippen MR) is 91.0 cm³/mol. The van der Waals surface area contributed by atoms with Crippen LogP contribution in [-0.2, 0) is 9.59 Å². The quantitative estimate of drug-likeness (QED) is 0.872. The van der Waals surface area contributed by atoms with Gasteiger partial charge >= 0.3 is 12.1 Å². The molecule has 2 aliphatic rings. The van der Waals surface area contributed by atoms with Crippen molar-refractivity contribution in [2.45, 2.75) is 37.9 Å². The number of nitrogens with one attached hydrogen (secondary N) is 1. The molecule has 2 fully saturated rings. The summed E-state index contributed by atoms with van der Waals surface area (Å²) in [6.45, 7) is 1.27. The van der Waals surface area contributed by atoms with Crippen molar-refractivity contribution in [3.63, 3.8) is 0 Å². The Morgan fingerprint density at radius 3 is 2.41 bits per heavy atom. The molecule has 2 heterocycles. The molecule has 0 aliphatic carbocycles. The number of amides is 3. The van der Waals surface area contributed by atoms with Gasteiger partial charge in [-0.3, -0.25) is 14.4 Å². The molecule has 27 heavy (non-hydrogen) atoms. The first-order valence-electron chi connectivity index (χ1n) is 8.85. The number of likely N-dealkylation sites (tertiary alicyclic amines) is 2. The van der Waals surface area contributed by atoms with Crippen LogP contribution in [0.25, 0.3) is 0 Å². The third-order valence-electron chi connectivity index (χ3n) is 4.83. The van der Waals surface area contributed by atoms with Gasteiger partial charge in [-0.25, -0.2) is 0 Å². The third kappa shape index (κ3) is 4.23. The fourth-order valence-corrected chi connectivity index (χ4v) is 3.50.